The number of fused-ring (bicyclic) bond motifs is 5. The van der Waals surface area contributed by atoms with Gasteiger partial charge in [-0.05, 0) is 35.4 Å². The van der Waals surface area contributed by atoms with Gasteiger partial charge in [0.25, 0.3) is 0 Å². The van der Waals surface area contributed by atoms with Crippen LogP contribution < -0.4 is 24.3 Å². The lowest BCUT2D eigenvalue weighted by atomic mass is 9.58. The van der Waals surface area contributed by atoms with Crippen LogP contribution in [0.25, 0.3) is 0 Å². The minimum atomic E-state index is 0.0280. The monoisotopic (exact) mass is 325 g/mol. The Kier molecular flexibility index (Phi) is 2.94. The molecule has 0 bridgehead atoms. The van der Waals surface area contributed by atoms with Gasteiger partial charge in [-0.15, -0.1) is 0 Å². The molecule has 1 fully saturated rings. The molecule has 5 heteroatoms. The van der Waals surface area contributed by atoms with Gasteiger partial charge < -0.3 is 24.3 Å². The average Bonchev–Trinajstić information content (AvgIpc) is 3.22. The van der Waals surface area contributed by atoms with E-state index >= 15 is 0 Å². The van der Waals surface area contributed by atoms with Crippen LogP contribution in [-0.4, -0.2) is 33.6 Å². The van der Waals surface area contributed by atoms with E-state index in [1.54, 1.807) is 7.11 Å². The Balaban J connectivity index is 1.41. The van der Waals surface area contributed by atoms with Gasteiger partial charge >= 0.3 is 0 Å². The smallest absolute Gasteiger partial charge is 0.231 e. The highest BCUT2D eigenvalue weighted by molar-refractivity contribution is 5.56. The predicted octanol–water partition coefficient (Wildman–Crippen LogP) is 2.44. The van der Waals surface area contributed by atoms with Gasteiger partial charge in [-0.2, -0.15) is 0 Å². The number of nitrogens with one attached hydrogen (secondary N) is 1. The number of ether oxygens (including phenoxy) is 4. The molecule has 0 spiro atoms. The molecule has 0 saturated carbocycles. The summed E-state index contributed by atoms with van der Waals surface area (Å²) in [5.74, 6) is 3.76. The quantitative estimate of drug-likeness (QED) is 0.936. The molecule has 1 aliphatic carbocycles. The Labute approximate surface area is 140 Å². The van der Waals surface area contributed by atoms with Crippen molar-refractivity contribution in [2.75, 3.05) is 33.6 Å². The topological polar surface area (TPSA) is 49.0 Å². The zero-order valence-electron chi connectivity index (χ0n) is 13.5. The first-order valence-corrected chi connectivity index (χ1v) is 8.22. The van der Waals surface area contributed by atoms with Gasteiger partial charge in [0.1, 0.15) is 11.5 Å². The standard InChI is InChI=1S/C19H19NO4/c1-21-12-2-4-14-15(6-12)19(9-20-8-16(14)19)10-22-13-3-5-17-18(7-13)24-11-23-17/h2-7,16,20H,8-11H2,1H3/t16-,19-/m0/s1. The predicted molar refractivity (Wildman–Crippen MR) is 88.3 cm³/mol. The van der Waals surface area contributed by atoms with E-state index in [4.69, 9.17) is 18.9 Å². The lowest BCUT2D eigenvalue weighted by molar-refractivity contribution is 0.173. The maximum absolute atomic E-state index is 6.15. The molecule has 24 heavy (non-hydrogen) atoms. The van der Waals surface area contributed by atoms with Gasteiger partial charge in [-0.25, -0.2) is 0 Å². The fourth-order valence-electron chi connectivity index (χ4n) is 4.18. The molecule has 0 radical (unpaired) electrons. The number of rotatable bonds is 4. The van der Waals surface area contributed by atoms with Crippen LogP contribution in [0.5, 0.6) is 23.0 Å². The van der Waals surface area contributed by atoms with Crippen LogP contribution in [0.3, 0.4) is 0 Å². The van der Waals surface area contributed by atoms with Crippen LogP contribution in [0.4, 0.5) is 0 Å². The van der Waals surface area contributed by atoms with Crippen molar-refractivity contribution in [3.63, 3.8) is 0 Å². The van der Waals surface area contributed by atoms with Crippen LogP contribution in [0.15, 0.2) is 36.4 Å². The summed E-state index contributed by atoms with van der Waals surface area (Å²) in [4.78, 5) is 0. The Morgan fingerprint density at radius 2 is 2.00 bits per heavy atom. The fraction of sp³-hybridized carbons (Fsp3) is 0.368. The third kappa shape index (κ3) is 1.85. The molecule has 1 N–H and O–H groups in total. The molecule has 5 rings (SSSR count). The minimum absolute atomic E-state index is 0.0280. The molecule has 1 saturated heterocycles. The Hall–Kier alpha value is -2.40. The van der Waals surface area contributed by atoms with E-state index in [-0.39, 0.29) is 12.2 Å². The van der Waals surface area contributed by atoms with Crippen LogP contribution in [0.1, 0.15) is 17.0 Å². The van der Waals surface area contributed by atoms with E-state index in [9.17, 15) is 0 Å². The number of benzene rings is 2. The van der Waals surface area contributed by atoms with Crippen molar-refractivity contribution in [1.29, 1.82) is 0 Å². The largest absolute Gasteiger partial charge is 0.497 e. The SMILES string of the molecule is COc1ccc2c(c1)[C@@]1(COc3ccc4c(c3)OCO4)CNC[C@@H]21. The summed E-state index contributed by atoms with van der Waals surface area (Å²) < 4.78 is 22.3. The average molecular weight is 325 g/mol. The minimum Gasteiger partial charge on any atom is -0.497 e. The molecule has 0 amide bonds. The Morgan fingerprint density at radius 3 is 2.92 bits per heavy atom. The van der Waals surface area contributed by atoms with E-state index in [0.29, 0.717) is 12.5 Å². The summed E-state index contributed by atoms with van der Waals surface area (Å²) in [6.07, 6.45) is 0. The first kappa shape index (κ1) is 14.0. The van der Waals surface area contributed by atoms with Gasteiger partial charge in [0.15, 0.2) is 11.5 Å². The normalized spacial score (nSPS) is 25.6. The van der Waals surface area contributed by atoms with Gasteiger partial charge in [0.05, 0.1) is 19.1 Å². The summed E-state index contributed by atoms with van der Waals surface area (Å²) in [7, 11) is 1.71. The van der Waals surface area contributed by atoms with Crippen LogP contribution in [0, 0.1) is 0 Å². The van der Waals surface area contributed by atoms with E-state index in [1.807, 2.05) is 24.3 Å². The Morgan fingerprint density at radius 1 is 1.12 bits per heavy atom. The molecule has 5 nitrogen and oxygen atoms in total. The third-order valence-corrected chi connectivity index (χ3v) is 5.47. The van der Waals surface area contributed by atoms with Gasteiger partial charge in [0.2, 0.25) is 6.79 Å². The lowest BCUT2D eigenvalue weighted by Gasteiger charge is -2.46. The van der Waals surface area contributed by atoms with Crippen molar-refractivity contribution in [1.82, 2.24) is 5.32 Å². The first-order chi connectivity index (χ1) is 11.8. The molecule has 2 aromatic carbocycles. The van der Waals surface area contributed by atoms with Gasteiger partial charge in [-0.3, -0.25) is 0 Å². The molecule has 2 aliphatic heterocycles. The van der Waals surface area contributed by atoms with Crippen LogP contribution in [0.2, 0.25) is 0 Å². The molecular weight excluding hydrogens is 306 g/mol. The van der Waals surface area contributed by atoms with Crippen molar-refractivity contribution >= 4 is 0 Å². The highest BCUT2D eigenvalue weighted by Crippen LogP contribution is 2.54. The molecular formula is C19H19NO4. The molecule has 0 unspecified atom stereocenters. The molecule has 3 aliphatic rings. The Bertz CT molecular complexity index is 806. The maximum atomic E-state index is 6.15. The van der Waals surface area contributed by atoms with Crippen molar-refractivity contribution in [2.45, 2.75) is 11.3 Å². The van der Waals surface area contributed by atoms with E-state index in [2.05, 4.69) is 17.4 Å². The highest BCUT2D eigenvalue weighted by atomic mass is 16.7. The molecule has 2 aromatic rings. The highest BCUT2D eigenvalue weighted by Gasteiger charge is 2.55. The van der Waals surface area contributed by atoms with Crippen molar-refractivity contribution in [2.24, 2.45) is 0 Å². The first-order valence-electron chi connectivity index (χ1n) is 8.22. The van der Waals surface area contributed by atoms with E-state index in [1.165, 1.54) is 11.1 Å². The molecule has 124 valence electrons. The number of hydrogen-bond donors (Lipinski definition) is 1. The van der Waals surface area contributed by atoms with Crippen LogP contribution >= 0.6 is 0 Å². The number of methoxy groups -OCH3 is 1. The summed E-state index contributed by atoms with van der Waals surface area (Å²) in [6.45, 7) is 2.86. The summed E-state index contributed by atoms with van der Waals surface area (Å²) in [6, 6.07) is 12.1. The van der Waals surface area contributed by atoms with E-state index in [0.717, 1.165) is 36.1 Å². The second kappa shape index (κ2) is 5.05. The summed E-state index contributed by atoms with van der Waals surface area (Å²) in [5, 5.41) is 3.52. The molecule has 2 atom stereocenters. The van der Waals surface area contributed by atoms with Crippen LogP contribution in [-0.2, 0) is 5.41 Å². The fourth-order valence-corrected chi connectivity index (χ4v) is 4.18. The maximum Gasteiger partial charge on any atom is 0.231 e. The second-order valence-electron chi connectivity index (χ2n) is 6.60. The van der Waals surface area contributed by atoms with Crippen molar-refractivity contribution in [3.05, 3.63) is 47.5 Å². The zero-order chi connectivity index (χ0) is 16.1. The van der Waals surface area contributed by atoms with E-state index < -0.39 is 0 Å². The van der Waals surface area contributed by atoms with Gasteiger partial charge in [-0.1, -0.05) is 6.07 Å². The van der Waals surface area contributed by atoms with Crippen molar-refractivity contribution < 1.29 is 18.9 Å². The number of hydrogen-bond acceptors (Lipinski definition) is 5. The summed E-state index contributed by atoms with van der Waals surface area (Å²) >= 11 is 0. The van der Waals surface area contributed by atoms with Crippen molar-refractivity contribution in [3.8, 4) is 23.0 Å². The second-order valence-corrected chi connectivity index (χ2v) is 6.60. The molecule has 0 aromatic heterocycles. The van der Waals surface area contributed by atoms with Gasteiger partial charge in [0, 0.05) is 25.1 Å². The lowest BCUT2D eigenvalue weighted by Crippen LogP contribution is -2.48. The molecule has 2 heterocycles. The third-order valence-electron chi connectivity index (χ3n) is 5.47. The zero-order valence-corrected chi connectivity index (χ0v) is 13.5. The summed E-state index contributed by atoms with van der Waals surface area (Å²) in [5.41, 5.74) is 2.79.